The lowest BCUT2D eigenvalue weighted by Gasteiger charge is -2.56. The van der Waals surface area contributed by atoms with Gasteiger partial charge in [-0.15, -0.1) is 0 Å². The van der Waals surface area contributed by atoms with E-state index in [4.69, 9.17) is 5.73 Å². The number of fused-ring (bicyclic) bond motifs is 1. The number of hydrogen-bond donors (Lipinski definition) is 2. The van der Waals surface area contributed by atoms with Crippen molar-refractivity contribution in [1.82, 2.24) is 10.2 Å². The number of hydrogen-bond acceptors (Lipinski definition) is 3. The van der Waals surface area contributed by atoms with Crippen LogP contribution in [0, 0.1) is 17.8 Å². The third-order valence-electron chi connectivity index (χ3n) is 7.24. The lowest BCUT2D eigenvalue weighted by Crippen LogP contribution is -2.77. The zero-order valence-electron chi connectivity index (χ0n) is 15.9. The molecule has 3 heterocycles. The van der Waals surface area contributed by atoms with Crippen molar-refractivity contribution in [2.75, 3.05) is 13.6 Å². The number of piperidine rings is 2. The van der Waals surface area contributed by atoms with E-state index in [0.717, 1.165) is 13.0 Å². The second-order valence-electron chi connectivity index (χ2n) is 8.52. The van der Waals surface area contributed by atoms with Gasteiger partial charge in [-0.1, -0.05) is 60.7 Å². The Morgan fingerprint density at radius 3 is 2.21 bits per heavy atom. The monoisotopic (exact) mass is 375 g/mol. The fourth-order valence-corrected chi connectivity index (χ4v) is 6.27. The van der Waals surface area contributed by atoms with Crippen molar-refractivity contribution >= 4 is 11.8 Å². The van der Waals surface area contributed by atoms with Gasteiger partial charge in [-0.2, -0.15) is 0 Å². The summed E-state index contributed by atoms with van der Waals surface area (Å²) in [7, 11) is 2.06. The van der Waals surface area contributed by atoms with Crippen molar-refractivity contribution in [3.63, 3.8) is 0 Å². The van der Waals surface area contributed by atoms with Gasteiger partial charge in [0, 0.05) is 30.3 Å². The van der Waals surface area contributed by atoms with Gasteiger partial charge in [0.2, 0.25) is 11.8 Å². The summed E-state index contributed by atoms with van der Waals surface area (Å²) in [4.78, 5) is 28.0. The molecule has 0 radical (unpaired) electrons. The minimum atomic E-state index is -0.965. The van der Waals surface area contributed by atoms with Crippen LogP contribution in [-0.2, 0) is 9.59 Å². The van der Waals surface area contributed by atoms with Crippen LogP contribution in [0.15, 0.2) is 60.7 Å². The molecule has 0 spiro atoms. The number of primary amides is 1. The molecule has 0 aromatic heterocycles. The standard InChI is InChI=1S/C23H25N3O2/c1-26-13-16-12-17-19(20(26)23(16,22(24)28)25-21(17)27)18(14-8-4-2-5-9-14)15-10-6-3-7-11-15/h2-11,16-20H,12-13H2,1H3,(H2,24,28)(H,25,27). The van der Waals surface area contributed by atoms with E-state index in [0.29, 0.717) is 0 Å². The van der Waals surface area contributed by atoms with E-state index >= 15 is 0 Å². The summed E-state index contributed by atoms with van der Waals surface area (Å²) >= 11 is 0. The summed E-state index contributed by atoms with van der Waals surface area (Å²) in [6.45, 7) is 0.789. The lowest BCUT2D eigenvalue weighted by atomic mass is 9.54. The Balaban J connectivity index is 1.71. The van der Waals surface area contributed by atoms with Crippen LogP contribution in [0.5, 0.6) is 0 Å². The van der Waals surface area contributed by atoms with Crippen LogP contribution < -0.4 is 11.1 Å². The zero-order chi connectivity index (χ0) is 19.5. The van der Waals surface area contributed by atoms with Gasteiger partial charge in [-0.25, -0.2) is 0 Å². The van der Waals surface area contributed by atoms with E-state index in [1.807, 2.05) is 36.4 Å². The maximum absolute atomic E-state index is 13.0. The molecular formula is C23H25N3O2. The van der Waals surface area contributed by atoms with Crippen LogP contribution in [0.1, 0.15) is 23.5 Å². The average Bonchev–Trinajstić information content (AvgIpc) is 2.90. The molecule has 2 aromatic carbocycles. The molecule has 2 amide bonds. The molecule has 3 saturated heterocycles. The SMILES string of the molecule is CN1CC2CC3C(=O)NC2(C(N)=O)C1C3C(c1ccccc1)c1ccccc1. The van der Waals surface area contributed by atoms with Crippen LogP contribution >= 0.6 is 0 Å². The molecule has 4 fully saturated rings. The number of nitrogens with zero attached hydrogens (tertiary/aromatic N) is 1. The first-order valence-corrected chi connectivity index (χ1v) is 9.96. The third-order valence-corrected chi connectivity index (χ3v) is 7.24. The highest BCUT2D eigenvalue weighted by Crippen LogP contribution is 2.56. The lowest BCUT2D eigenvalue weighted by molar-refractivity contribution is -0.152. The largest absolute Gasteiger partial charge is 0.368 e. The fraction of sp³-hybridized carbons (Fsp3) is 0.391. The average molecular weight is 375 g/mol. The predicted molar refractivity (Wildman–Crippen MR) is 106 cm³/mol. The Morgan fingerprint density at radius 1 is 1.11 bits per heavy atom. The highest BCUT2D eigenvalue weighted by Gasteiger charge is 2.70. The molecule has 1 saturated carbocycles. The van der Waals surface area contributed by atoms with Gasteiger partial charge < -0.3 is 11.1 Å². The molecule has 144 valence electrons. The van der Waals surface area contributed by atoms with E-state index in [1.54, 1.807) is 0 Å². The predicted octanol–water partition coefficient (Wildman–Crippen LogP) is 1.74. The molecule has 4 aliphatic rings. The number of amides is 2. The second-order valence-corrected chi connectivity index (χ2v) is 8.52. The van der Waals surface area contributed by atoms with Crippen molar-refractivity contribution in [3.8, 4) is 0 Å². The van der Waals surface area contributed by atoms with Crippen molar-refractivity contribution in [3.05, 3.63) is 71.8 Å². The van der Waals surface area contributed by atoms with Crippen LogP contribution in [0.3, 0.4) is 0 Å². The van der Waals surface area contributed by atoms with Gasteiger partial charge in [0.05, 0.1) is 0 Å². The van der Waals surface area contributed by atoms with Crippen molar-refractivity contribution in [2.45, 2.75) is 23.9 Å². The summed E-state index contributed by atoms with van der Waals surface area (Å²) in [5, 5.41) is 3.05. The van der Waals surface area contributed by atoms with E-state index < -0.39 is 11.4 Å². The Labute approximate surface area is 164 Å². The first-order chi connectivity index (χ1) is 13.5. The molecular weight excluding hydrogens is 350 g/mol. The van der Waals surface area contributed by atoms with Gasteiger partial charge in [0.25, 0.3) is 0 Å². The smallest absolute Gasteiger partial charge is 0.245 e. The number of nitrogens with two attached hydrogens (primary N) is 1. The number of rotatable bonds is 4. The molecule has 28 heavy (non-hydrogen) atoms. The van der Waals surface area contributed by atoms with E-state index in [1.165, 1.54) is 11.1 Å². The van der Waals surface area contributed by atoms with Crippen molar-refractivity contribution < 1.29 is 9.59 Å². The summed E-state index contributed by atoms with van der Waals surface area (Å²) in [5.41, 5.74) is 7.33. The molecule has 3 aliphatic heterocycles. The molecule has 1 aliphatic carbocycles. The highest BCUT2D eigenvalue weighted by molar-refractivity contribution is 5.96. The van der Waals surface area contributed by atoms with Crippen molar-refractivity contribution in [2.24, 2.45) is 23.5 Å². The first-order valence-electron chi connectivity index (χ1n) is 9.96. The van der Waals surface area contributed by atoms with Gasteiger partial charge in [0.1, 0.15) is 5.54 Å². The Hall–Kier alpha value is -2.66. The molecule has 5 heteroatoms. The second kappa shape index (κ2) is 6.17. The summed E-state index contributed by atoms with van der Waals surface area (Å²) in [5.74, 6) is -0.428. The number of likely N-dealkylation sites (N-methyl/N-ethyl adjacent to an activating group) is 1. The minimum Gasteiger partial charge on any atom is -0.368 e. The summed E-state index contributed by atoms with van der Waals surface area (Å²) < 4.78 is 0. The minimum absolute atomic E-state index is 0.00481. The molecule has 4 bridgehead atoms. The van der Waals surface area contributed by atoms with Crippen LogP contribution in [0.2, 0.25) is 0 Å². The van der Waals surface area contributed by atoms with E-state index in [9.17, 15) is 9.59 Å². The Bertz CT molecular complexity index is 876. The van der Waals surface area contributed by atoms with Crippen LogP contribution in [0.25, 0.3) is 0 Å². The Morgan fingerprint density at radius 2 is 1.68 bits per heavy atom. The molecule has 3 N–H and O–H groups in total. The quantitative estimate of drug-likeness (QED) is 0.855. The summed E-state index contributed by atoms with van der Waals surface area (Å²) in [6.07, 6.45) is 0.719. The molecule has 6 rings (SSSR count). The van der Waals surface area contributed by atoms with Gasteiger partial charge >= 0.3 is 0 Å². The molecule has 5 unspecified atom stereocenters. The maximum atomic E-state index is 13.0. The van der Waals surface area contributed by atoms with Crippen LogP contribution in [-0.4, -0.2) is 41.9 Å². The van der Waals surface area contributed by atoms with Crippen molar-refractivity contribution in [1.29, 1.82) is 0 Å². The van der Waals surface area contributed by atoms with Crippen LogP contribution in [0.4, 0.5) is 0 Å². The van der Waals surface area contributed by atoms with E-state index in [2.05, 4.69) is 41.5 Å². The fourth-order valence-electron chi connectivity index (χ4n) is 6.27. The topological polar surface area (TPSA) is 75.4 Å². The number of carbonyl (C=O) groups is 2. The number of carbonyl (C=O) groups excluding carboxylic acids is 2. The zero-order valence-corrected chi connectivity index (χ0v) is 15.9. The highest BCUT2D eigenvalue weighted by atomic mass is 16.2. The summed E-state index contributed by atoms with van der Waals surface area (Å²) in [6, 6.07) is 20.6. The molecule has 5 nitrogen and oxygen atoms in total. The van der Waals surface area contributed by atoms with Gasteiger partial charge in [-0.3, -0.25) is 14.5 Å². The third kappa shape index (κ3) is 2.23. The molecule has 2 aromatic rings. The van der Waals surface area contributed by atoms with Gasteiger partial charge in [0.15, 0.2) is 0 Å². The Kier molecular flexibility index (Phi) is 3.85. The number of nitrogens with one attached hydrogen (secondary N) is 1. The van der Waals surface area contributed by atoms with Gasteiger partial charge in [-0.05, 0) is 30.5 Å². The number of likely N-dealkylation sites (tertiary alicyclic amines) is 1. The normalized spacial score (nSPS) is 33.9. The first kappa shape index (κ1) is 17.4. The van der Waals surface area contributed by atoms with E-state index in [-0.39, 0.29) is 35.6 Å². The number of benzene rings is 2. The maximum Gasteiger partial charge on any atom is 0.245 e. The molecule has 5 atom stereocenters.